The Kier molecular flexibility index (Phi) is 5.43. The third-order valence-electron chi connectivity index (χ3n) is 4.15. The molecule has 0 atom stereocenters. The van der Waals surface area contributed by atoms with Gasteiger partial charge in [0, 0.05) is 45.2 Å². The average Bonchev–Trinajstić information content (AvgIpc) is 2.82. The summed E-state index contributed by atoms with van der Waals surface area (Å²) in [5.74, 6) is 0. The lowest BCUT2D eigenvalue weighted by molar-refractivity contribution is 0.117. The molecular weight excluding hydrogens is 238 g/mol. The summed E-state index contributed by atoms with van der Waals surface area (Å²) in [7, 11) is 4.26. The number of piperidine rings is 1. The summed E-state index contributed by atoms with van der Waals surface area (Å²) in [6.45, 7) is 4.76. The van der Waals surface area contributed by atoms with Gasteiger partial charge in [0.15, 0.2) is 0 Å². The Morgan fingerprint density at radius 2 is 2.11 bits per heavy atom. The number of nitrogens with zero attached hydrogens (tertiary/aromatic N) is 3. The summed E-state index contributed by atoms with van der Waals surface area (Å²) in [6.07, 6.45) is 7.70. The molecule has 4 heteroatoms. The van der Waals surface area contributed by atoms with Crippen molar-refractivity contribution in [3.63, 3.8) is 0 Å². The van der Waals surface area contributed by atoms with Crippen molar-refractivity contribution in [2.24, 2.45) is 7.05 Å². The van der Waals surface area contributed by atoms with Crippen LogP contribution < -0.4 is 0 Å². The van der Waals surface area contributed by atoms with Crippen LogP contribution in [-0.2, 0) is 13.6 Å². The van der Waals surface area contributed by atoms with Crippen molar-refractivity contribution >= 4 is 0 Å². The summed E-state index contributed by atoms with van der Waals surface area (Å²) in [6, 6.07) is 2.90. The Morgan fingerprint density at radius 3 is 2.68 bits per heavy atom. The van der Waals surface area contributed by atoms with E-state index in [4.69, 9.17) is 5.11 Å². The number of hydrogen-bond acceptors (Lipinski definition) is 3. The van der Waals surface area contributed by atoms with Crippen LogP contribution >= 0.6 is 0 Å². The largest absolute Gasteiger partial charge is 0.396 e. The summed E-state index contributed by atoms with van der Waals surface area (Å²) >= 11 is 0. The van der Waals surface area contributed by atoms with E-state index in [1.54, 1.807) is 0 Å². The van der Waals surface area contributed by atoms with Gasteiger partial charge in [0.05, 0.1) is 0 Å². The molecule has 108 valence electrons. The second kappa shape index (κ2) is 7.08. The van der Waals surface area contributed by atoms with Gasteiger partial charge >= 0.3 is 0 Å². The van der Waals surface area contributed by atoms with Crippen molar-refractivity contribution in [3.8, 4) is 0 Å². The molecule has 0 unspecified atom stereocenters. The Balaban J connectivity index is 1.73. The van der Waals surface area contributed by atoms with Gasteiger partial charge in [0.2, 0.25) is 0 Å². The van der Waals surface area contributed by atoms with Crippen LogP contribution in [-0.4, -0.2) is 58.8 Å². The monoisotopic (exact) mass is 265 g/mol. The second-order valence-electron chi connectivity index (χ2n) is 5.75. The second-order valence-corrected chi connectivity index (χ2v) is 5.75. The molecule has 2 rings (SSSR count). The number of aromatic nitrogens is 1. The molecule has 1 aromatic rings. The first-order chi connectivity index (χ1) is 9.19. The molecule has 1 aliphatic heterocycles. The SMILES string of the molecule is CN(CCCO)C1CCN(Cc2ccn(C)c2)CC1. The van der Waals surface area contributed by atoms with Crippen molar-refractivity contribution in [1.82, 2.24) is 14.4 Å². The third-order valence-corrected chi connectivity index (χ3v) is 4.15. The van der Waals surface area contributed by atoms with Crippen LogP contribution in [0.25, 0.3) is 0 Å². The molecule has 1 N–H and O–H groups in total. The first kappa shape index (κ1) is 14.6. The van der Waals surface area contributed by atoms with Crippen molar-refractivity contribution in [2.75, 3.05) is 33.3 Å². The Morgan fingerprint density at radius 1 is 1.37 bits per heavy atom. The molecule has 19 heavy (non-hydrogen) atoms. The maximum Gasteiger partial charge on any atom is 0.0443 e. The molecule has 0 aromatic carbocycles. The number of rotatable bonds is 6. The van der Waals surface area contributed by atoms with Gasteiger partial charge in [0.25, 0.3) is 0 Å². The van der Waals surface area contributed by atoms with Gasteiger partial charge in [-0.2, -0.15) is 0 Å². The summed E-state index contributed by atoms with van der Waals surface area (Å²) in [5.41, 5.74) is 1.41. The highest BCUT2D eigenvalue weighted by Gasteiger charge is 2.22. The molecule has 1 saturated heterocycles. The zero-order chi connectivity index (χ0) is 13.7. The van der Waals surface area contributed by atoms with Crippen molar-refractivity contribution in [3.05, 3.63) is 24.0 Å². The molecule has 0 radical (unpaired) electrons. The zero-order valence-corrected chi connectivity index (χ0v) is 12.3. The fraction of sp³-hybridized carbons (Fsp3) is 0.733. The summed E-state index contributed by atoms with van der Waals surface area (Å²) in [5, 5.41) is 8.88. The van der Waals surface area contributed by atoms with Gasteiger partial charge in [-0.3, -0.25) is 4.90 Å². The van der Waals surface area contributed by atoms with Gasteiger partial charge in [-0.1, -0.05) is 0 Å². The molecule has 0 aliphatic carbocycles. The third kappa shape index (κ3) is 4.34. The molecule has 0 amide bonds. The molecule has 0 saturated carbocycles. The number of aryl methyl sites for hydroxylation is 1. The van der Waals surface area contributed by atoms with E-state index in [-0.39, 0.29) is 0 Å². The maximum absolute atomic E-state index is 8.88. The highest BCUT2D eigenvalue weighted by atomic mass is 16.3. The van der Waals surface area contributed by atoms with E-state index in [0.29, 0.717) is 12.6 Å². The average molecular weight is 265 g/mol. The lowest BCUT2D eigenvalue weighted by Crippen LogP contribution is -2.43. The fourth-order valence-electron chi connectivity index (χ4n) is 2.93. The van der Waals surface area contributed by atoms with E-state index in [0.717, 1.165) is 19.5 Å². The molecule has 0 bridgehead atoms. The molecule has 2 heterocycles. The molecule has 1 aromatic heterocycles. The lowest BCUT2D eigenvalue weighted by atomic mass is 10.0. The predicted molar refractivity (Wildman–Crippen MR) is 78.0 cm³/mol. The predicted octanol–water partition coefficient (Wildman–Crippen LogP) is 1.30. The van der Waals surface area contributed by atoms with Crippen molar-refractivity contribution in [1.29, 1.82) is 0 Å². The maximum atomic E-state index is 8.88. The van der Waals surface area contributed by atoms with Crippen LogP contribution in [0.4, 0.5) is 0 Å². The lowest BCUT2D eigenvalue weighted by Gasteiger charge is -2.36. The van der Waals surface area contributed by atoms with E-state index in [9.17, 15) is 0 Å². The van der Waals surface area contributed by atoms with Gasteiger partial charge in [0.1, 0.15) is 0 Å². The number of aliphatic hydroxyl groups excluding tert-OH is 1. The molecule has 0 spiro atoms. The van der Waals surface area contributed by atoms with Crippen LogP contribution in [0.3, 0.4) is 0 Å². The normalized spacial score (nSPS) is 18.3. The first-order valence-corrected chi connectivity index (χ1v) is 7.33. The van der Waals surface area contributed by atoms with E-state index in [1.807, 2.05) is 0 Å². The van der Waals surface area contributed by atoms with Crippen LogP contribution in [0.5, 0.6) is 0 Å². The van der Waals surface area contributed by atoms with E-state index in [1.165, 1.54) is 31.5 Å². The van der Waals surface area contributed by atoms with E-state index in [2.05, 4.69) is 46.9 Å². The minimum Gasteiger partial charge on any atom is -0.396 e. The summed E-state index contributed by atoms with van der Waals surface area (Å²) in [4.78, 5) is 4.96. The van der Waals surface area contributed by atoms with E-state index >= 15 is 0 Å². The Bertz CT molecular complexity index is 369. The standard InChI is InChI=1S/C15H27N3O/c1-16-8-4-14(12-16)13-18-9-5-15(6-10-18)17(2)7-3-11-19/h4,8,12,15,19H,3,5-7,9-11,13H2,1-2H3. The van der Waals surface area contributed by atoms with Crippen molar-refractivity contribution in [2.45, 2.75) is 31.8 Å². The van der Waals surface area contributed by atoms with E-state index < -0.39 is 0 Å². The Labute approximate surface area is 116 Å². The minimum atomic E-state index is 0.303. The number of aliphatic hydroxyl groups is 1. The molecule has 1 fully saturated rings. The van der Waals surface area contributed by atoms with Crippen LogP contribution in [0, 0.1) is 0 Å². The van der Waals surface area contributed by atoms with Gasteiger partial charge in [-0.15, -0.1) is 0 Å². The van der Waals surface area contributed by atoms with Gasteiger partial charge < -0.3 is 14.6 Å². The number of likely N-dealkylation sites (tertiary alicyclic amines) is 1. The zero-order valence-electron chi connectivity index (χ0n) is 12.3. The molecule has 4 nitrogen and oxygen atoms in total. The first-order valence-electron chi connectivity index (χ1n) is 7.33. The molecular formula is C15H27N3O. The quantitative estimate of drug-likeness (QED) is 0.841. The van der Waals surface area contributed by atoms with Crippen LogP contribution in [0.2, 0.25) is 0 Å². The highest BCUT2D eigenvalue weighted by molar-refractivity contribution is 5.09. The van der Waals surface area contributed by atoms with Gasteiger partial charge in [-0.25, -0.2) is 0 Å². The van der Waals surface area contributed by atoms with Gasteiger partial charge in [-0.05, 0) is 51.0 Å². The minimum absolute atomic E-state index is 0.303. The summed E-state index contributed by atoms with van der Waals surface area (Å²) < 4.78 is 2.12. The van der Waals surface area contributed by atoms with Crippen LogP contribution in [0.15, 0.2) is 18.5 Å². The topological polar surface area (TPSA) is 31.6 Å². The number of hydrogen-bond donors (Lipinski definition) is 1. The van der Waals surface area contributed by atoms with Crippen LogP contribution in [0.1, 0.15) is 24.8 Å². The highest BCUT2D eigenvalue weighted by Crippen LogP contribution is 2.17. The fourth-order valence-corrected chi connectivity index (χ4v) is 2.93. The molecule has 1 aliphatic rings. The van der Waals surface area contributed by atoms with Crippen molar-refractivity contribution < 1.29 is 5.11 Å². The Hall–Kier alpha value is -0.840. The smallest absolute Gasteiger partial charge is 0.0443 e.